The van der Waals surface area contributed by atoms with Crippen LogP contribution in [0.1, 0.15) is 38.2 Å². The van der Waals surface area contributed by atoms with E-state index in [1.807, 2.05) is 11.8 Å². The van der Waals surface area contributed by atoms with Crippen LogP contribution in [0.5, 0.6) is 0 Å². The first-order valence-electron chi connectivity index (χ1n) is 7.02. The van der Waals surface area contributed by atoms with E-state index in [0.29, 0.717) is 5.82 Å². The highest BCUT2D eigenvalue weighted by molar-refractivity contribution is 8.04. The first-order valence-corrected chi connectivity index (χ1v) is 7.90. The molecule has 1 amide bonds. The molecule has 4 rings (SSSR count). The molecule has 0 radical (unpaired) electrons. The van der Waals surface area contributed by atoms with Crippen LogP contribution in [0.25, 0.3) is 0 Å². The van der Waals surface area contributed by atoms with Gasteiger partial charge in [-0.05, 0) is 35.7 Å². The van der Waals surface area contributed by atoms with Gasteiger partial charge in [-0.1, -0.05) is 6.92 Å². The largest absolute Gasteiger partial charge is 0.333 e. The zero-order chi connectivity index (χ0) is 13.7. The molecule has 3 heterocycles. The summed E-state index contributed by atoms with van der Waals surface area (Å²) < 4.78 is 0. The molecule has 3 aliphatic rings. The minimum atomic E-state index is -0.266. The summed E-state index contributed by atoms with van der Waals surface area (Å²) >= 11 is 1.83. The van der Waals surface area contributed by atoms with Gasteiger partial charge in [0.2, 0.25) is 5.91 Å². The molecule has 4 unspecified atom stereocenters. The molecule has 1 saturated heterocycles. The predicted octanol–water partition coefficient (Wildman–Crippen LogP) is 1.29. The number of hydrogen-bond donors (Lipinski definition) is 3. The average Bonchev–Trinajstić information content (AvgIpc) is 3.04. The maximum atomic E-state index is 12.5. The molecule has 2 aliphatic heterocycles. The van der Waals surface area contributed by atoms with Crippen molar-refractivity contribution >= 4 is 17.7 Å². The van der Waals surface area contributed by atoms with Crippen LogP contribution in [0.4, 0.5) is 0 Å². The van der Waals surface area contributed by atoms with Crippen molar-refractivity contribution in [3.8, 4) is 0 Å². The predicted molar refractivity (Wildman–Crippen MR) is 75.3 cm³/mol. The summed E-state index contributed by atoms with van der Waals surface area (Å²) in [6, 6.07) is 0. The monoisotopic (exact) mass is 291 g/mol. The molecule has 6 nitrogen and oxygen atoms in total. The molecule has 1 aromatic rings. The summed E-state index contributed by atoms with van der Waals surface area (Å²) in [5.74, 6) is 1.49. The van der Waals surface area contributed by atoms with Gasteiger partial charge in [-0.25, -0.2) is 4.98 Å². The van der Waals surface area contributed by atoms with Gasteiger partial charge in [-0.2, -0.15) is 5.10 Å². The lowest BCUT2D eigenvalue weighted by atomic mass is 9.83. The third-order valence-electron chi connectivity index (χ3n) is 4.35. The maximum Gasteiger partial charge on any atom is 0.231 e. The van der Waals surface area contributed by atoms with Gasteiger partial charge in [0.15, 0.2) is 5.82 Å². The Labute approximate surface area is 121 Å². The second-order valence-electron chi connectivity index (χ2n) is 5.79. The van der Waals surface area contributed by atoms with Gasteiger partial charge in [0.1, 0.15) is 12.5 Å². The van der Waals surface area contributed by atoms with E-state index in [1.54, 1.807) is 0 Å². The fourth-order valence-electron chi connectivity index (χ4n) is 3.31. The normalized spacial score (nSPS) is 36.5. The molecule has 3 N–H and O–H groups in total. The first kappa shape index (κ1) is 12.4. The number of H-pyrrole nitrogens is 1. The van der Waals surface area contributed by atoms with Crippen LogP contribution in [-0.2, 0) is 4.79 Å². The summed E-state index contributed by atoms with van der Waals surface area (Å²) in [4.78, 5) is 18.0. The summed E-state index contributed by atoms with van der Waals surface area (Å²) in [6.45, 7) is 2.29. The lowest BCUT2D eigenvalue weighted by Crippen LogP contribution is -2.55. The standard InChI is InChI=1S/C13H17N5OS/c1-6-2-3-7-8(4-6)20-13-9(7)12(19)16-11(17-13)10-14-5-15-18-10/h5-6,9,11,13,17H,2-4H2,1H3,(H,16,19)(H,14,15,18). The van der Waals surface area contributed by atoms with Gasteiger partial charge >= 0.3 is 0 Å². The van der Waals surface area contributed by atoms with Gasteiger partial charge in [-0.15, -0.1) is 11.8 Å². The molecule has 106 valence electrons. The van der Waals surface area contributed by atoms with Crippen LogP contribution < -0.4 is 10.6 Å². The van der Waals surface area contributed by atoms with Gasteiger partial charge in [0.25, 0.3) is 0 Å². The number of carbonyl (C=O) groups excluding carboxylic acids is 1. The number of rotatable bonds is 1. The molecule has 7 heteroatoms. The molecule has 0 saturated carbocycles. The Kier molecular flexibility index (Phi) is 2.85. The number of nitrogens with one attached hydrogen (secondary N) is 3. The number of nitrogens with zero attached hydrogens (tertiary/aromatic N) is 2. The molecule has 0 bridgehead atoms. The van der Waals surface area contributed by atoms with Crippen molar-refractivity contribution in [3.05, 3.63) is 22.6 Å². The Morgan fingerprint density at radius 3 is 3.15 bits per heavy atom. The van der Waals surface area contributed by atoms with Gasteiger partial charge in [0, 0.05) is 0 Å². The minimum Gasteiger partial charge on any atom is -0.333 e. The minimum absolute atomic E-state index is 0.0123. The molecular weight excluding hydrogens is 274 g/mol. The van der Waals surface area contributed by atoms with Crippen LogP contribution in [0.15, 0.2) is 16.8 Å². The number of thioether (sulfide) groups is 1. The van der Waals surface area contributed by atoms with E-state index in [0.717, 1.165) is 18.8 Å². The quantitative estimate of drug-likeness (QED) is 0.726. The second kappa shape index (κ2) is 4.60. The number of carbonyl (C=O) groups is 1. The third kappa shape index (κ3) is 1.88. The van der Waals surface area contributed by atoms with E-state index in [1.165, 1.54) is 23.2 Å². The fourth-order valence-corrected chi connectivity index (χ4v) is 5.01. The van der Waals surface area contributed by atoms with Crippen molar-refractivity contribution in [1.29, 1.82) is 0 Å². The molecule has 20 heavy (non-hydrogen) atoms. The first-order chi connectivity index (χ1) is 9.72. The Morgan fingerprint density at radius 2 is 2.35 bits per heavy atom. The SMILES string of the molecule is CC1CCC2=C(C1)SC1NC(c3ncn[nH]3)NC(=O)C21. The Morgan fingerprint density at radius 1 is 1.45 bits per heavy atom. The average molecular weight is 291 g/mol. The van der Waals surface area contributed by atoms with E-state index in [9.17, 15) is 4.79 Å². The zero-order valence-corrected chi connectivity index (χ0v) is 12.0. The van der Waals surface area contributed by atoms with Crippen LogP contribution in [-0.4, -0.2) is 26.5 Å². The smallest absolute Gasteiger partial charge is 0.231 e. The number of allylic oxidation sites excluding steroid dienone is 1. The van der Waals surface area contributed by atoms with Crippen molar-refractivity contribution in [2.45, 2.75) is 37.7 Å². The number of fused-ring (bicyclic) bond motifs is 2. The van der Waals surface area contributed by atoms with Crippen LogP contribution >= 0.6 is 11.8 Å². The van der Waals surface area contributed by atoms with E-state index >= 15 is 0 Å². The van der Waals surface area contributed by atoms with Crippen molar-refractivity contribution < 1.29 is 4.79 Å². The van der Waals surface area contributed by atoms with Crippen molar-refractivity contribution in [3.63, 3.8) is 0 Å². The highest BCUT2D eigenvalue weighted by atomic mass is 32.2. The molecular formula is C13H17N5OS. The van der Waals surface area contributed by atoms with Crippen LogP contribution in [0.2, 0.25) is 0 Å². The highest BCUT2D eigenvalue weighted by Gasteiger charge is 2.46. The Bertz CT molecular complexity index is 569. The molecule has 4 atom stereocenters. The number of aromatic amines is 1. The van der Waals surface area contributed by atoms with Crippen molar-refractivity contribution in [2.24, 2.45) is 11.8 Å². The molecule has 1 aromatic heterocycles. The lowest BCUT2D eigenvalue weighted by molar-refractivity contribution is -0.127. The molecule has 0 spiro atoms. The lowest BCUT2D eigenvalue weighted by Gasteiger charge is -2.33. The summed E-state index contributed by atoms with van der Waals surface area (Å²) in [5.41, 5.74) is 1.36. The van der Waals surface area contributed by atoms with Crippen LogP contribution in [0.3, 0.4) is 0 Å². The summed E-state index contributed by atoms with van der Waals surface area (Å²) in [5, 5.41) is 13.3. The second-order valence-corrected chi connectivity index (χ2v) is 7.03. The van der Waals surface area contributed by atoms with Gasteiger partial charge in [-0.3, -0.25) is 15.2 Å². The zero-order valence-electron chi connectivity index (χ0n) is 11.2. The van der Waals surface area contributed by atoms with E-state index in [-0.39, 0.29) is 23.4 Å². The summed E-state index contributed by atoms with van der Waals surface area (Å²) in [7, 11) is 0. The molecule has 1 fully saturated rings. The maximum absolute atomic E-state index is 12.5. The fraction of sp³-hybridized carbons (Fsp3) is 0.615. The third-order valence-corrected chi connectivity index (χ3v) is 5.73. The topological polar surface area (TPSA) is 82.7 Å². The summed E-state index contributed by atoms with van der Waals surface area (Å²) in [6.07, 6.45) is 4.57. The van der Waals surface area contributed by atoms with E-state index in [4.69, 9.17) is 0 Å². The highest BCUT2D eigenvalue weighted by Crippen LogP contribution is 2.50. The van der Waals surface area contributed by atoms with E-state index in [2.05, 4.69) is 32.7 Å². The molecule has 1 aliphatic carbocycles. The number of aromatic nitrogens is 3. The van der Waals surface area contributed by atoms with Gasteiger partial charge in [0.05, 0.1) is 11.3 Å². The number of amides is 1. The van der Waals surface area contributed by atoms with Crippen molar-refractivity contribution in [2.75, 3.05) is 0 Å². The van der Waals surface area contributed by atoms with Crippen LogP contribution in [0, 0.1) is 11.8 Å². The Balaban J connectivity index is 1.58. The molecule has 0 aromatic carbocycles. The van der Waals surface area contributed by atoms with Gasteiger partial charge < -0.3 is 5.32 Å². The van der Waals surface area contributed by atoms with E-state index < -0.39 is 0 Å². The number of hydrogen-bond acceptors (Lipinski definition) is 5. The Hall–Kier alpha value is -1.34. The van der Waals surface area contributed by atoms with Crippen molar-refractivity contribution in [1.82, 2.24) is 25.8 Å².